The van der Waals surface area contributed by atoms with Gasteiger partial charge < -0.3 is 10.3 Å². The van der Waals surface area contributed by atoms with Crippen LogP contribution in [0.2, 0.25) is 0 Å². The Morgan fingerprint density at radius 2 is 2.22 bits per heavy atom. The average molecular weight is 241 g/mol. The number of nitriles is 1. The van der Waals surface area contributed by atoms with Gasteiger partial charge in [0, 0.05) is 30.7 Å². The summed E-state index contributed by atoms with van der Waals surface area (Å²) in [6, 6.07) is 11.0. The fraction of sp³-hybridized carbons (Fsp3) is 0.400. The summed E-state index contributed by atoms with van der Waals surface area (Å²) in [6.07, 6.45) is 4.53. The molecule has 0 bridgehead atoms. The minimum atomic E-state index is 0.195. The van der Waals surface area contributed by atoms with Crippen molar-refractivity contribution in [1.29, 1.82) is 5.26 Å². The molecular weight excluding hydrogens is 222 g/mol. The normalized spacial score (nSPS) is 12.5. The molecule has 3 heteroatoms. The molecule has 0 aliphatic rings. The van der Waals surface area contributed by atoms with Gasteiger partial charge in [0.2, 0.25) is 0 Å². The number of nitrogens with zero attached hydrogens (tertiary/aromatic N) is 2. The van der Waals surface area contributed by atoms with Crippen molar-refractivity contribution in [3.05, 3.63) is 36.0 Å². The lowest BCUT2D eigenvalue weighted by Gasteiger charge is -2.07. The van der Waals surface area contributed by atoms with Crippen LogP contribution in [0.15, 0.2) is 30.5 Å². The highest BCUT2D eigenvalue weighted by Gasteiger charge is 2.03. The fourth-order valence-electron chi connectivity index (χ4n) is 2.27. The van der Waals surface area contributed by atoms with Crippen LogP contribution in [0.5, 0.6) is 0 Å². The summed E-state index contributed by atoms with van der Waals surface area (Å²) in [5.74, 6) is 0. The van der Waals surface area contributed by atoms with E-state index in [4.69, 9.17) is 11.0 Å². The molecule has 0 amide bonds. The van der Waals surface area contributed by atoms with Gasteiger partial charge in [-0.2, -0.15) is 5.26 Å². The molecule has 0 aliphatic carbocycles. The topological polar surface area (TPSA) is 54.7 Å². The summed E-state index contributed by atoms with van der Waals surface area (Å²) < 4.78 is 2.21. The third-order valence-electron chi connectivity index (χ3n) is 3.08. The van der Waals surface area contributed by atoms with Gasteiger partial charge in [0.05, 0.1) is 6.07 Å². The van der Waals surface area contributed by atoms with Gasteiger partial charge >= 0.3 is 0 Å². The zero-order chi connectivity index (χ0) is 13.0. The number of hydrogen-bond donors (Lipinski definition) is 1. The lowest BCUT2D eigenvalue weighted by atomic mass is 10.1. The van der Waals surface area contributed by atoms with E-state index >= 15 is 0 Å². The van der Waals surface area contributed by atoms with Crippen molar-refractivity contribution < 1.29 is 0 Å². The molecule has 2 aromatic rings. The summed E-state index contributed by atoms with van der Waals surface area (Å²) in [7, 11) is 0. The van der Waals surface area contributed by atoms with Gasteiger partial charge in [-0.05, 0) is 48.9 Å². The van der Waals surface area contributed by atoms with Crippen molar-refractivity contribution in [3.8, 4) is 6.07 Å². The van der Waals surface area contributed by atoms with Crippen LogP contribution in [0, 0.1) is 11.3 Å². The van der Waals surface area contributed by atoms with Crippen molar-refractivity contribution in [1.82, 2.24) is 4.57 Å². The molecule has 0 fully saturated rings. The van der Waals surface area contributed by atoms with Gasteiger partial charge in [-0.3, -0.25) is 0 Å². The largest absolute Gasteiger partial charge is 0.347 e. The third kappa shape index (κ3) is 2.91. The van der Waals surface area contributed by atoms with Crippen LogP contribution in [0.1, 0.15) is 25.3 Å². The summed E-state index contributed by atoms with van der Waals surface area (Å²) >= 11 is 0. The van der Waals surface area contributed by atoms with E-state index < -0.39 is 0 Å². The Bertz CT molecular complexity index is 561. The molecule has 2 rings (SSSR count). The Kier molecular flexibility index (Phi) is 4.01. The van der Waals surface area contributed by atoms with Crippen molar-refractivity contribution in [2.24, 2.45) is 5.73 Å². The summed E-state index contributed by atoms with van der Waals surface area (Å²) in [4.78, 5) is 0. The van der Waals surface area contributed by atoms with Crippen molar-refractivity contribution in [2.45, 2.75) is 38.8 Å². The maximum absolute atomic E-state index is 8.56. The van der Waals surface area contributed by atoms with E-state index in [0.717, 1.165) is 19.4 Å². The number of fused-ring (bicyclic) bond motifs is 1. The first-order valence-electron chi connectivity index (χ1n) is 6.41. The maximum Gasteiger partial charge on any atom is 0.0622 e. The number of unbranched alkanes of at least 4 members (excludes halogenated alkanes) is 1. The predicted octanol–water partition coefficient (Wildman–Crippen LogP) is 2.83. The first kappa shape index (κ1) is 12.7. The van der Waals surface area contributed by atoms with Crippen molar-refractivity contribution >= 4 is 10.9 Å². The number of aromatic nitrogens is 1. The smallest absolute Gasteiger partial charge is 0.0622 e. The van der Waals surface area contributed by atoms with Crippen molar-refractivity contribution in [2.75, 3.05) is 0 Å². The highest BCUT2D eigenvalue weighted by atomic mass is 14.9. The van der Waals surface area contributed by atoms with Crippen LogP contribution < -0.4 is 5.73 Å². The second-order valence-electron chi connectivity index (χ2n) is 4.85. The monoisotopic (exact) mass is 241 g/mol. The molecular formula is C15H19N3. The minimum Gasteiger partial charge on any atom is -0.347 e. The van der Waals surface area contributed by atoms with Gasteiger partial charge in [0.15, 0.2) is 0 Å². The van der Waals surface area contributed by atoms with Crippen LogP contribution in [0.4, 0.5) is 0 Å². The SMILES string of the molecule is CC(N)Cc1ccc2c(ccn2CCCC#N)c1. The molecule has 0 saturated heterocycles. The molecule has 1 unspecified atom stereocenters. The molecule has 2 N–H and O–H groups in total. The fourth-order valence-corrected chi connectivity index (χ4v) is 2.27. The standard InChI is InChI=1S/C15H19N3/c1-12(17)10-13-4-5-15-14(11-13)6-9-18(15)8-3-2-7-16/h4-6,9,11-12H,2-3,8,10,17H2,1H3. The highest BCUT2D eigenvalue weighted by molar-refractivity contribution is 5.80. The Morgan fingerprint density at radius 3 is 2.94 bits per heavy atom. The Labute approximate surface area is 108 Å². The Morgan fingerprint density at radius 1 is 1.39 bits per heavy atom. The van der Waals surface area contributed by atoms with E-state index in [1.54, 1.807) is 0 Å². The van der Waals surface area contributed by atoms with Gasteiger partial charge in [0.1, 0.15) is 0 Å². The molecule has 0 spiro atoms. The highest BCUT2D eigenvalue weighted by Crippen LogP contribution is 2.19. The predicted molar refractivity (Wildman–Crippen MR) is 74.1 cm³/mol. The van der Waals surface area contributed by atoms with E-state index in [-0.39, 0.29) is 6.04 Å². The van der Waals surface area contributed by atoms with Crippen LogP contribution in [0.25, 0.3) is 10.9 Å². The molecule has 94 valence electrons. The second-order valence-corrected chi connectivity index (χ2v) is 4.85. The summed E-state index contributed by atoms with van der Waals surface area (Å²) in [5.41, 5.74) is 8.34. The number of hydrogen-bond acceptors (Lipinski definition) is 2. The lowest BCUT2D eigenvalue weighted by Crippen LogP contribution is -2.17. The summed E-state index contributed by atoms with van der Waals surface area (Å²) in [6.45, 7) is 2.93. The zero-order valence-electron chi connectivity index (χ0n) is 10.8. The van der Waals surface area contributed by atoms with Gasteiger partial charge in [-0.25, -0.2) is 0 Å². The van der Waals surface area contributed by atoms with Gasteiger partial charge in [-0.1, -0.05) is 6.07 Å². The number of rotatable bonds is 5. The number of nitrogens with two attached hydrogens (primary N) is 1. The second kappa shape index (κ2) is 5.70. The molecule has 1 atom stereocenters. The first-order valence-corrected chi connectivity index (χ1v) is 6.41. The molecule has 18 heavy (non-hydrogen) atoms. The van der Waals surface area contributed by atoms with Crippen LogP contribution in [-0.4, -0.2) is 10.6 Å². The maximum atomic E-state index is 8.56. The van der Waals surface area contributed by atoms with Crippen LogP contribution >= 0.6 is 0 Å². The minimum absolute atomic E-state index is 0.195. The molecule has 0 saturated carbocycles. The van der Waals surface area contributed by atoms with E-state index in [0.29, 0.717) is 6.42 Å². The van der Waals surface area contributed by atoms with E-state index in [9.17, 15) is 0 Å². The van der Waals surface area contributed by atoms with Gasteiger partial charge in [0.25, 0.3) is 0 Å². The average Bonchev–Trinajstić information content (AvgIpc) is 2.71. The zero-order valence-corrected chi connectivity index (χ0v) is 10.8. The van der Waals surface area contributed by atoms with E-state index in [1.807, 2.05) is 6.92 Å². The third-order valence-corrected chi connectivity index (χ3v) is 3.08. The molecule has 1 aromatic carbocycles. The molecule has 0 radical (unpaired) electrons. The number of aryl methyl sites for hydroxylation is 1. The van der Waals surface area contributed by atoms with E-state index in [1.165, 1.54) is 16.5 Å². The van der Waals surface area contributed by atoms with Crippen LogP contribution in [0.3, 0.4) is 0 Å². The van der Waals surface area contributed by atoms with E-state index in [2.05, 4.69) is 41.1 Å². The van der Waals surface area contributed by atoms with Crippen molar-refractivity contribution in [3.63, 3.8) is 0 Å². The summed E-state index contributed by atoms with van der Waals surface area (Å²) in [5, 5.41) is 9.81. The Balaban J connectivity index is 2.18. The molecule has 1 aromatic heterocycles. The Hall–Kier alpha value is -1.79. The van der Waals surface area contributed by atoms with Gasteiger partial charge in [-0.15, -0.1) is 0 Å². The first-order chi connectivity index (χ1) is 8.70. The number of benzene rings is 1. The molecule has 0 aliphatic heterocycles. The van der Waals surface area contributed by atoms with Crippen LogP contribution in [-0.2, 0) is 13.0 Å². The lowest BCUT2D eigenvalue weighted by molar-refractivity contribution is 0.674. The molecule has 3 nitrogen and oxygen atoms in total. The molecule has 1 heterocycles. The quantitative estimate of drug-likeness (QED) is 0.818.